The molecule has 0 aliphatic heterocycles. The van der Waals surface area contributed by atoms with Crippen LogP contribution in [0.4, 0.5) is 0 Å². The van der Waals surface area contributed by atoms with Gasteiger partial charge in [0.1, 0.15) is 0 Å². The first-order chi connectivity index (χ1) is 10.7. The standard InChI is InChI=1S/C17H18N4O/c1-14(12-20-10-7-18-13-20)19-17(22)15-5-4-6-16(11-15)21-8-2-3-9-21/h2-11,13-14H,12H2,1H3,(H,19,22)/t14-/m1/s1. The topological polar surface area (TPSA) is 51.9 Å². The zero-order chi connectivity index (χ0) is 15.4. The van der Waals surface area contributed by atoms with Crippen molar-refractivity contribution in [3.05, 3.63) is 73.1 Å². The number of rotatable bonds is 5. The van der Waals surface area contributed by atoms with Gasteiger partial charge in [0.15, 0.2) is 0 Å². The average molecular weight is 294 g/mol. The Kier molecular flexibility index (Phi) is 4.05. The molecule has 0 aliphatic carbocycles. The van der Waals surface area contributed by atoms with Crippen LogP contribution in [0.2, 0.25) is 0 Å². The van der Waals surface area contributed by atoms with Crippen LogP contribution < -0.4 is 5.32 Å². The highest BCUT2D eigenvalue weighted by Gasteiger charge is 2.11. The predicted octanol–water partition coefficient (Wildman–Crippen LogP) is 2.49. The lowest BCUT2D eigenvalue weighted by Crippen LogP contribution is -2.35. The van der Waals surface area contributed by atoms with E-state index in [0.717, 1.165) is 5.69 Å². The molecule has 22 heavy (non-hydrogen) atoms. The molecule has 3 aromatic rings. The maximum Gasteiger partial charge on any atom is 0.251 e. The Morgan fingerprint density at radius 2 is 2.05 bits per heavy atom. The maximum absolute atomic E-state index is 12.4. The number of carbonyl (C=O) groups excluding carboxylic acids is 1. The number of imidazole rings is 1. The van der Waals surface area contributed by atoms with E-state index in [-0.39, 0.29) is 11.9 Å². The van der Waals surface area contributed by atoms with Crippen molar-refractivity contribution in [2.75, 3.05) is 0 Å². The monoisotopic (exact) mass is 294 g/mol. The minimum Gasteiger partial charge on any atom is -0.348 e. The average Bonchev–Trinajstić information content (AvgIpc) is 3.20. The van der Waals surface area contributed by atoms with Crippen LogP contribution >= 0.6 is 0 Å². The molecule has 5 heteroatoms. The maximum atomic E-state index is 12.4. The van der Waals surface area contributed by atoms with Crippen LogP contribution in [-0.4, -0.2) is 26.1 Å². The Morgan fingerprint density at radius 1 is 1.23 bits per heavy atom. The molecular formula is C17H18N4O. The first-order valence-corrected chi connectivity index (χ1v) is 7.22. The minimum atomic E-state index is -0.0679. The summed E-state index contributed by atoms with van der Waals surface area (Å²) >= 11 is 0. The van der Waals surface area contributed by atoms with Crippen LogP contribution in [0, 0.1) is 0 Å². The smallest absolute Gasteiger partial charge is 0.251 e. The number of hydrogen-bond donors (Lipinski definition) is 1. The van der Waals surface area contributed by atoms with Gasteiger partial charge in [-0.25, -0.2) is 4.98 Å². The molecule has 0 fully saturated rings. The van der Waals surface area contributed by atoms with Crippen molar-refractivity contribution >= 4 is 5.91 Å². The third-order valence-corrected chi connectivity index (χ3v) is 3.43. The summed E-state index contributed by atoms with van der Waals surface area (Å²) in [6.07, 6.45) is 9.27. The number of benzene rings is 1. The third kappa shape index (κ3) is 3.25. The van der Waals surface area contributed by atoms with Crippen LogP contribution in [-0.2, 0) is 6.54 Å². The number of nitrogens with zero attached hydrogens (tertiary/aromatic N) is 3. The van der Waals surface area contributed by atoms with Gasteiger partial charge in [-0.2, -0.15) is 0 Å². The summed E-state index contributed by atoms with van der Waals surface area (Å²) in [5.74, 6) is -0.0679. The van der Waals surface area contributed by atoms with Crippen molar-refractivity contribution in [2.45, 2.75) is 19.5 Å². The molecule has 3 rings (SSSR count). The molecule has 0 saturated carbocycles. The van der Waals surface area contributed by atoms with Gasteiger partial charge in [0.05, 0.1) is 6.33 Å². The van der Waals surface area contributed by atoms with E-state index < -0.39 is 0 Å². The third-order valence-electron chi connectivity index (χ3n) is 3.43. The Morgan fingerprint density at radius 3 is 2.77 bits per heavy atom. The van der Waals surface area contributed by atoms with E-state index in [4.69, 9.17) is 0 Å². The van der Waals surface area contributed by atoms with Crippen molar-refractivity contribution in [3.63, 3.8) is 0 Å². The van der Waals surface area contributed by atoms with E-state index in [0.29, 0.717) is 12.1 Å². The quantitative estimate of drug-likeness (QED) is 0.786. The molecule has 0 saturated heterocycles. The largest absolute Gasteiger partial charge is 0.348 e. The molecular weight excluding hydrogens is 276 g/mol. The molecule has 1 atom stereocenters. The number of hydrogen-bond acceptors (Lipinski definition) is 2. The summed E-state index contributed by atoms with van der Waals surface area (Å²) < 4.78 is 3.92. The van der Waals surface area contributed by atoms with Gasteiger partial charge in [0.25, 0.3) is 5.91 Å². The van der Waals surface area contributed by atoms with Crippen molar-refractivity contribution in [3.8, 4) is 5.69 Å². The van der Waals surface area contributed by atoms with Gasteiger partial charge >= 0.3 is 0 Å². The summed E-state index contributed by atoms with van der Waals surface area (Å²) in [7, 11) is 0. The Balaban J connectivity index is 1.68. The number of aromatic nitrogens is 3. The normalized spacial score (nSPS) is 12.0. The molecule has 5 nitrogen and oxygen atoms in total. The second-order valence-electron chi connectivity index (χ2n) is 5.27. The molecule has 1 aromatic carbocycles. The fourth-order valence-electron chi connectivity index (χ4n) is 2.38. The van der Waals surface area contributed by atoms with Gasteiger partial charge in [-0.3, -0.25) is 4.79 Å². The molecule has 1 N–H and O–H groups in total. The highest BCUT2D eigenvalue weighted by Crippen LogP contribution is 2.11. The van der Waals surface area contributed by atoms with E-state index in [1.807, 2.05) is 71.0 Å². The fourth-order valence-corrected chi connectivity index (χ4v) is 2.38. The van der Waals surface area contributed by atoms with E-state index >= 15 is 0 Å². The van der Waals surface area contributed by atoms with Crippen LogP contribution in [0.25, 0.3) is 5.69 Å². The van der Waals surface area contributed by atoms with Gasteiger partial charge < -0.3 is 14.5 Å². The van der Waals surface area contributed by atoms with E-state index in [1.54, 1.807) is 12.5 Å². The van der Waals surface area contributed by atoms with Crippen LogP contribution in [0.15, 0.2) is 67.5 Å². The zero-order valence-electron chi connectivity index (χ0n) is 12.4. The van der Waals surface area contributed by atoms with E-state index in [2.05, 4.69) is 10.3 Å². The fraction of sp³-hybridized carbons (Fsp3) is 0.176. The van der Waals surface area contributed by atoms with Gasteiger partial charge in [-0.15, -0.1) is 0 Å². The predicted molar refractivity (Wildman–Crippen MR) is 84.9 cm³/mol. The van der Waals surface area contributed by atoms with Crippen molar-refractivity contribution in [1.82, 2.24) is 19.4 Å². The lowest BCUT2D eigenvalue weighted by atomic mass is 10.1. The molecule has 1 amide bonds. The highest BCUT2D eigenvalue weighted by molar-refractivity contribution is 5.94. The van der Waals surface area contributed by atoms with Gasteiger partial charge in [0, 0.05) is 48.6 Å². The molecule has 2 aromatic heterocycles. The van der Waals surface area contributed by atoms with Gasteiger partial charge in [0.2, 0.25) is 0 Å². The van der Waals surface area contributed by atoms with Gasteiger partial charge in [-0.05, 0) is 37.3 Å². The molecule has 0 spiro atoms. The summed E-state index contributed by atoms with van der Waals surface area (Å²) in [4.78, 5) is 16.4. The Hall–Kier alpha value is -2.82. The van der Waals surface area contributed by atoms with Crippen molar-refractivity contribution in [2.24, 2.45) is 0 Å². The van der Waals surface area contributed by atoms with Crippen LogP contribution in [0.1, 0.15) is 17.3 Å². The minimum absolute atomic E-state index is 0.0249. The molecule has 0 aliphatic rings. The second kappa shape index (κ2) is 6.30. The van der Waals surface area contributed by atoms with E-state index in [1.165, 1.54) is 0 Å². The molecule has 2 heterocycles. The second-order valence-corrected chi connectivity index (χ2v) is 5.27. The van der Waals surface area contributed by atoms with Crippen molar-refractivity contribution < 1.29 is 4.79 Å². The lowest BCUT2D eigenvalue weighted by molar-refractivity contribution is 0.0936. The Labute approximate surface area is 129 Å². The lowest BCUT2D eigenvalue weighted by Gasteiger charge is -2.15. The molecule has 0 unspecified atom stereocenters. The van der Waals surface area contributed by atoms with Crippen LogP contribution in [0.3, 0.4) is 0 Å². The molecule has 0 radical (unpaired) electrons. The summed E-state index contributed by atoms with van der Waals surface area (Å²) in [5.41, 5.74) is 1.63. The van der Waals surface area contributed by atoms with Gasteiger partial charge in [-0.1, -0.05) is 6.07 Å². The summed E-state index contributed by atoms with van der Waals surface area (Å²) in [5, 5.41) is 3.01. The van der Waals surface area contributed by atoms with E-state index in [9.17, 15) is 4.79 Å². The molecule has 0 bridgehead atoms. The first kappa shape index (κ1) is 14.1. The summed E-state index contributed by atoms with van der Waals surface area (Å²) in [6, 6.07) is 11.5. The van der Waals surface area contributed by atoms with Crippen molar-refractivity contribution in [1.29, 1.82) is 0 Å². The molecule has 112 valence electrons. The first-order valence-electron chi connectivity index (χ1n) is 7.22. The number of nitrogens with one attached hydrogen (secondary N) is 1. The SMILES string of the molecule is C[C@H](Cn1ccnc1)NC(=O)c1cccc(-n2cccc2)c1. The number of carbonyl (C=O) groups is 1. The Bertz CT molecular complexity index is 732. The highest BCUT2D eigenvalue weighted by atomic mass is 16.1. The number of amides is 1. The zero-order valence-corrected chi connectivity index (χ0v) is 12.4. The van der Waals surface area contributed by atoms with Crippen LogP contribution in [0.5, 0.6) is 0 Å². The summed E-state index contributed by atoms with van der Waals surface area (Å²) in [6.45, 7) is 2.68.